The highest BCUT2D eigenvalue weighted by Crippen LogP contribution is 2.29. The van der Waals surface area contributed by atoms with Crippen molar-refractivity contribution >= 4 is 0 Å². The molecule has 0 unspecified atom stereocenters. The summed E-state index contributed by atoms with van der Waals surface area (Å²) in [5, 5.41) is 0. The summed E-state index contributed by atoms with van der Waals surface area (Å²) in [6, 6.07) is 4.09. The normalized spacial score (nSPS) is 20.4. The second-order valence-electron chi connectivity index (χ2n) is 4.11. The molecule has 13 heavy (non-hydrogen) atoms. The van der Waals surface area contributed by atoms with Crippen LogP contribution >= 0.6 is 0 Å². The fourth-order valence-corrected chi connectivity index (χ4v) is 2.17. The van der Waals surface area contributed by atoms with Crippen LogP contribution in [0.1, 0.15) is 31.2 Å². The van der Waals surface area contributed by atoms with Crippen LogP contribution < -0.4 is 5.73 Å². The van der Waals surface area contributed by atoms with Crippen molar-refractivity contribution < 1.29 is 0 Å². The molecule has 70 valence electrons. The van der Waals surface area contributed by atoms with Gasteiger partial charge < -0.3 is 5.73 Å². The van der Waals surface area contributed by atoms with Gasteiger partial charge in [0.2, 0.25) is 0 Å². The third-order valence-corrected chi connectivity index (χ3v) is 2.88. The maximum atomic E-state index is 6.26. The predicted octanol–water partition coefficient (Wildman–Crippen LogP) is 1.90. The SMILES string of the molecule is NC1(Cc2cccnc2)CCCC1. The van der Waals surface area contributed by atoms with Gasteiger partial charge in [-0.1, -0.05) is 18.9 Å². The number of pyridine rings is 1. The van der Waals surface area contributed by atoms with Crippen LogP contribution in [0.15, 0.2) is 24.5 Å². The van der Waals surface area contributed by atoms with E-state index in [9.17, 15) is 0 Å². The van der Waals surface area contributed by atoms with Crippen LogP contribution in [0.3, 0.4) is 0 Å². The van der Waals surface area contributed by atoms with Gasteiger partial charge in [0.25, 0.3) is 0 Å². The zero-order valence-corrected chi connectivity index (χ0v) is 7.87. The standard InChI is InChI=1S/C11H16N2/c12-11(5-1-2-6-11)8-10-4-3-7-13-9-10/h3-4,7,9H,1-2,5-6,8,12H2. The molecule has 1 saturated carbocycles. The minimum absolute atomic E-state index is 0.0586. The summed E-state index contributed by atoms with van der Waals surface area (Å²) in [5.41, 5.74) is 7.59. The highest BCUT2D eigenvalue weighted by Gasteiger charge is 2.29. The van der Waals surface area contributed by atoms with Gasteiger partial charge >= 0.3 is 0 Å². The smallest absolute Gasteiger partial charge is 0.0300 e. The molecule has 1 heterocycles. The molecule has 1 aliphatic carbocycles. The predicted molar refractivity (Wildman–Crippen MR) is 53.3 cm³/mol. The van der Waals surface area contributed by atoms with Gasteiger partial charge in [-0.2, -0.15) is 0 Å². The number of nitrogens with zero attached hydrogens (tertiary/aromatic N) is 1. The lowest BCUT2D eigenvalue weighted by molar-refractivity contribution is 0.436. The quantitative estimate of drug-likeness (QED) is 0.747. The Hall–Kier alpha value is -0.890. The Balaban J connectivity index is 2.05. The molecule has 0 atom stereocenters. The van der Waals surface area contributed by atoms with E-state index in [0.29, 0.717) is 0 Å². The molecule has 1 aromatic heterocycles. The number of aromatic nitrogens is 1. The largest absolute Gasteiger partial charge is 0.325 e. The molecule has 0 spiro atoms. The lowest BCUT2D eigenvalue weighted by Crippen LogP contribution is -2.38. The molecule has 2 rings (SSSR count). The third kappa shape index (κ3) is 2.07. The van der Waals surface area contributed by atoms with Crippen LogP contribution in [-0.4, -0.2) is 10.5 Å². The van der Waals surface area contributed by atoms with E-state index in [1.807, 2.05) is 12.3 Å². The molecule has 0 aliphatic heterocycles. The van der Waals surface area contributed by atoms with E-state index in [1.165, 1.54) is 31.2 Å². The van der Waals surface area contributed by atoms with E-state index in [-0.39, 0.29) is 5.54 Å². The summed E-state index contributed by atoms with van der Waals surface area (Å²) >= 11 is 0. The van der Waals surface area contributed by atoms with Gasteiger partial charge in [-0.15, -0.1) is 0 Å². The number of nitrogens with two attached hydrogens (primary N) is 1. The Kier molecular flexibility index (Phi) is 2.32. The first kappa shape index (κ1) is 8.70. The summed E-state index contributed by atoms with van der Waals surface area (Å²) < 4.78 is 0. The summed E-state index contributed by atoms with van der Waals surface area (Å²) in [7, 11) is 0. The van der Waals surface area contributed by atoms with Crippen molar-refractivity contribution in [2.24, 2.45) is 5.73 Å². The Morgan fingerprint density at radius 1 is 1.38 bits per heavy atom. The van der Waals surface area contributed by atoms with Gasteiger partial charge in [0, 0.05) is 17.9 Å². The molecule has 2 nitrogen and oxygen atoms in total. The van der Waals surface area contributed by atoms with E-state index in [1.54, 1.807) is 6.20 Å². The maximum Gasteiger partial charge on any atom is 0.0300 e. The van der Waals surface area contributed by atoms with Crippen molar-refractivity contribution in [3.63, 3.8) is 0 Å². The van der Waals surface area contributed by atoms with Crippen LogP contribution in [0.5, 0.6) is 0 Å². The van der Waals surface area contributed by atoms with Gasteiger partial charge in [0.1, 0.15) is 0 Å². The average molecular weight is 176 g/mol. The van der Waals surface area contributed by atoms with Crippen LogP contribution in [0.4, 0.5) is 0 Å². The summed E-state index contributed by atoms with van der Waals surface area (Å²) in [4.78, 5) is 4.10. The van der Waals surface area contributed by atoms with Crippen molar-refractivity contribution in [1.29, 1.82) is 0 Å². The van der Waals surface area contributed by atoms with Crippen molar-refractivity contribution in [2.45, 2.75) is 37.6 Å². The lowest BCUT2D eigenvalue weighted by atomic mass is 9.91. The zero-order chi connectivity index (χ0) is 9.15. The zero-order valence-electron chi connectivity index (χ0n) is 7.87. The monoisotopic (exact) mass is 176 g/mol. The summed E-state index contributed by atoms with van der Waals surface area (Å²) in [5.74, 6) is 0. The molecule has 1 aliphatic rings. The highest BCUT2D eigenvalue weighted by molar-refractivity contribution is 5.13. The van der Waals surface area contributed by atoms with Crippen molar-refractivity contribution in [2.75, 3.05) is 0 Å². The second kappa shape index (κ2) is 3.46. The first-order valence-corrected chi connectivity index (χ1v) is 4.96. The van der Waals surface area contributed by atoms with Gasteiger partial charge in [-0.3, -0.25) is 4.98 Å². The van der Waals surface area contributed by atoms with Crippen molar-refractivity contribution in [3.8, 4) is 0 Å². The minimum atomic E-state index is 0.0586. The van der Waals surface area contributed by atoms with Gasteiger partial charge in [0.05, 0.1) is 0 Å². The van der Waals surface area contributed by atoms with Gasteiger partial charge in [-0.25, -0.2) is 0 Å². The summed E-state index contributed by atoms with van der Waals surface area (Å²) in [6.07, 6.45) is 9.63. The molecule has 0 amide bonds. The average Bonchev–Trinajstić information content (AvgIpc) is 2.54. The molecule has 2 heteroatoms. The van der Waals surface area contributed by atoms with Crippen molar-refractivity contribution in [3.05, 3.63) is 30.1 Å². The Bertz CT molecular complexity index is 263. The Morgan fingerprint density at radius 3 is 2.77 bits per heavy atom. The molecule has 1 aromatic rings. The molecular formula is C11H16N2. The van der Waals surface area contributed by atoms with E-state index < -0.39 is 0 Å². The summed E-state index contributed by atoms with van der Waals surface area (Å²) in [6.45, 7) is 0. The molecule has 0 bridgehead atoms. The van der Waals surface area contributed by atoms with Crippen LogP contribution in [0, 0.1) is 0 Å². The molecule has 1 fully saturated rings. The van der Waals surface area contributed by atoms with E-state index in [0.717, 1.165) is 6.42 Å². The maximum absolute atomic E-state index is 6.26. The molecule has 0 aromatic carbocycles. The van der Waals surface area contributed by atoms with Crippen LogP contribution in [0.2, 0.25) is 0 Å². The lowest BCUT2D eigenvalue weighted by Gasteiger charge is -2.23. The van der Waals surface area contributed by atoms with Gasteiger partial charge in [0.15, 0.2) is 0 Å². The Labute approximate surface area is 79.2 Å². The number of hydrogen-bond acceptors (Lipinski definition) is 2. The first-order chi connectivity index (χ1) is 6.29. The fraction of sp³-hybridized carbons (Fsp3) is 0.545. The number of hydrogen-bond donors (Lipinski definition) is 1. The number of rotatable bonds is 2. The topological polar surface area (TPSA) is 38.9 Å². The molecule has 2 N–H and O–H groups in total. The van der Waals surface area contributed by atoms with Crippen molar-refractivity contribution in [1.82, 2.24) is 4.98 Å². The second-order valence-corrected chi connectivity index (χ2v) is 4.11. The molecule has 0 radical (unpaired) electrons. The molecular weight excluding hydrogens is 160 g/mol. The highest BCUT2D eigenvalue weighted by atomic mass is 14.7. The minimum Gasteiger partial charge on any atom is -0.325 e. The fourth-order valence-electron chi connectivity index (χ4n) is 2.17. The first-order valence-electron chi connectivity index (χ1n) is 4.96. The van der Waals surface area contributed by atoms with E-state index in [4.69, 9.17) is 5.73 Å². The van der Waals surface area contributed by atoms with Gasteiger partial charge in [-0.05, 0) is 30.9 Å². The van der Waals surface area contributed by atoms with E-state index >= 15 is 0 Å². The molecule has 0 saturated heterocycles. The van der Waals surface area contributed by atoms with Crippen LogP contribution in [0.25, 0.3) is 0 Å². The Morgan fingerprint density at radius 2 is 2.15 bits per heavy atom. The third-order valence-electron chi connectivity index (χ3n) is 2.88. The van der Waals surface area contributed by atoms with Crippen LogP contribution in [-0.2, 0) is 6.42 Å². The van der Waals surface area contributed by atoms with E-state index in [2.05, 4.69) is 11.1 Å².